The van der Waals surface area contributed by atoms with E-state index < -0.39 is 9.84 Å². The third-order valence-electron chi connectivity index (χ3n) is 3.28. The van der Waals surface area contributed by atoms with Gasteiger partial charge in [-0.1, -0.05) is 12.1 Å². The third kappa shape index (κ3) is 3.53. The fraction of sp³-hybridized carbons (Fsp3) is 0.538. The van der Waals surface area contributed by atoms with Gasteiger partial charge in [0.25, 0.3) is 0 Å². The van der Waals surface area contributed by atoms with Crippen molar-refractivity contribution in [1.29, 1.82) is 0 Å². The molecule has 2 rings (SSSR count). The van der Waals surface area contributed by atoms with Crippen molar-refractivity contribution >= 4 is 9.84 Å². The van der Waals surface area contributed by atoms with Crippen LogP contribution in [0.3, 0.4) is 0 Å². The maximum atomic E-state index is 13.2. The van der Waals surface area contributed by atoms with Gasteiger partial charge in [0.2, 0.25) is 0 Å². The van der Waals surface area contributed by atoms with E-state index in [1.54, 1.807) is 12.1 Å². The number of hydrogen-bond donors (Lipinski definition) is 1. The maximum absolute atomic E-state index is 13.2. The average Bonchev–Trinajstić information content (AvgIpc) is 3.04. The Morgan fingerprint density at radius 1 is 1.39 bits per heavy atom. The van der Waals surface area contributed by atoms with E-state index in [-0.39, 0.29) is 17.1 Å². The van der Waals surface area contributed by atoms with E-state index in [1.165, 1.54) is 12.3 Å². The summed E-state index contributed by atoms with van der Waals surface area (Å²) in [6.07, 6.45) is 3.80. The first-order chi connectivity index (χ1) is 8.41. The van der Waals surface area contributed by atoms with E-state index in [2.05, 4.69) is 5.32 Å². The SMILES string of the molecule is CS(=O)(=O)CCCNC1(c2cccc(F)c2)CC1. The molecule has 100 valence electrons. The van der Waals surface area contributed by atoms with Gasteiger partial charge in [-0.25, -0.2) is 12.8 Å². The van der Waals surface area contributed by atoms with Crippen LogP contribution in [0.2, 0.25) is 0 Å². The van der Waals surface area contributed by atoms with Crippen LogP contribution in [0.5, 0.6) is 0 Å². The van der Waals surface area contributed by atoms with Crippen LogP contribution in [-0.4, -0.2) is 27.0 Å². The zero-order chi connectivity index (χ0) is 13.2. The minimum Gasteiger partial charge on any atom is -0.307 e. The Morgan fingerprint density at radius 2 is 2.11 bits per heavy atom. The third-order valence-corrected chi connectivity index (χ3v) is 4.31. The quantitative estimate of drug-likeness (QED) is 0.803. The zero-order valence-electron chi connectivity index (χ0n) is 10.4. The Morgan fingerprint density at radius 3 is 2.67 bits per heavy atom. The largest absolute Gasteiger partial charge is 0.307 e. The number of rotatable bonds is 6. The lowest BCUT2D eigenvalue weighted by Crippen LogP contribution is -2.30. The van der Waals surface area contributed by atoms with Crippen LogP contribution in [-0.2, 0) is 15.4 Å². The van der Waals surface area contributed by atoms with Crippen molar-refractivity contribution in [2.75, 3.05) is 18.6 Å². The Bertz CT molecular complexity index is 524. The first-order valence-corrected chi connectivity index (χ1v) is 8.16. The standard InChI is InChI=1S/C13H18FNO2S/c1-18(16,17)9-3-8-15-13(6-7-13)11-4-2-5-12(14)10-11/h2,4-5,10,15H,3,6-9H2,1H3. The summed E-state index contributed by atoms with van der Waals surface area (Å²) < 4.78 is 35.2. The van der Waals surface area contributed by atoms with Crippen LogP contribution in [0, 0.1) is 5.82 Å². The van der Waals surface area contributed by atoms with Crippen molar-refractivity contribution in [3.05, 3.63) is 35.6 Å². The fourth-order valence-electron chi connectivity index (χ4n) is 2.14. The summed E-state index contributed by atoms with van der Waals surface area (Å²) >= 11 is 0. The number of halogens is 1. The van der Waals surface area contributed by atoms with E-state index in [1.807, 2.05) is 6.07 Å². The summed E-state index contributed by atoms with van der Waals surface area (Å²) in [5, 5.41) is 3.36. The Kier molecular flexibility index (Phi) is 3.73. The molecule has 1 aromatic carbocycles. The Hall–Kier alpha value is -0.940. The van der Waals surface area contributed by atoms with Gasteiger partial charge >= 0.3 is 0 Å². The van der Waals surface area contributed by atoms with Crippen molar-refractivity contribution in [3.8, 4) is 0 Å². The van der Waals surface area contributed by atoms with Gasteiger partial charge in [0.15, 0.2) is 0 Å². The van der Waals surface area contributed by atoms with Crippen molar-refractivity contribution in [1.82, 2.24) is 5.32 Å². The number of hydrogen-bond acceptors (Lipinski definition) is 3. The molecule has 0 saturated heterocycles. The topological polar surface area (TPSA) is 46.2 Å². The Labute approximate surface area is 107 Å². The second kappa shape index (κ2) is 4.97. The number of sulfone groups is 1. The molecule has 0 radical (unpaired) electrons. The van der Waals surface area contributed by atoms with E-state index in [9.17, 15) is 12.8 Å². The lowest BCUT2D eigenvalue weighted by Gasteiger charge is -2.17. The summed E-state index contributed by atoms with van der Waals surface area (Å²) in [6, 6.07) is 6.61. The van der Waals surface area contributed by atoms with Crippen molar-refractivity contribution in [3.63, 3.8) is 0 Å². The van der Waals surface area contributed by atoms with Crippen LogP contribution < -0.4 is 5.32 Å². The predicted molar refractivity (Wildman–Crippen MR) is 69.6 cm³/mol. The van der Waals surface area contributed by atoms with E-state index in [0.29, 0.717) is 13.0 Å². The zero-order valence-corrected chi connectivity index (χ0v) is 11.3. The molecule has 18 heavy (non-hydrogen) atoms. The summed E-state index contributed by atoms with van der Waals surface area (Å²) in [7, 11) is -2.89. The molecule has 0 heterocycles. The molecule has 3 nitrogen and oxygen atoms in total. The molecule has 0 aromatic heterocycles. The molecule has 5 heteroatoms. The second-order valence-electron chi connectivity index (χ2n) is 5.00. The Balaban J connectivity index is 1.89. The molecule has 0 bridgehead atoms. The number of nitrogens with one attached hydrogen (secondary N) is 1. The predicted octanol–water partition coefficient (Wildman–Crippen LogP) is 1.84. The normalized spacial score (nSPS) is 17.7. The molecule has 1 saturated carbocycles. The highest BCUT2D eigenvalue weighted by Gasteiger charge is 2.43. The monoisotopic (exact) mass is 271 g/mol. The second-order valence-corrected chi connectivity index (χ2v) is 7.26. The number of benzene rings is 1. The van der Waals surface area contributed by atoms with Gasteiger partial charge < -0.3 is 5.32 Å². The lowest BCUT2D eigenvalue weighted by atomic mass is 10.0. The maximum Gasteiger partial charge on any atom is 0.147 e. The molecule has 0 spiro atoms. The van der Waals surface area contributed by atoms with Gasteiger partial charge in [0.1, 0.15) is 15.7 Å². The molecule has 1 N–H and O–H groups in total. The first kappa shape index (κ1) is 13.5. The molecule has 1 aromatic rings. The van der Waals surface area contributed by atoms with Gasteiger partial charge in [0, 0.05) is 11.8 Å². The minimum atomic E-state index is -2.89. The average molecular weight is 271 g/mol. The van der Waals surface area contributed by atoms with Gasteiger partial charge in [-0.2, -0.15) is 0 Å². The van der Waals surface area contributed by atoms with Crippen molar-refractivity contribution in [2.45, 2.75) is 24.8 Å². The summed E-state index contributed by atoms with van der Waals surface area (Å²) in [6.45, 7) is 0.642. The first-order valence-electron chi connectivity index (χ1n) is 6.10. The summed E-state index contributed by atoms with van der Waals surface area (Å²) in [5.74, 6) is -0.0316. The molecule has 0 amide bonds. The van der Waals surface area contributed by atoms with Crippen LogP contribution >= 0.6 is 0 Å². The van der Waals surface area contributed by atoms with Crippen LogP contribution in [0.25, 0.3) is 0 Å². The van der Waals surface area contributed by atoms with Gasteiger partial charge in [0.05, 0.1) is 5.75 Å². The lowest BCUT2D eigenvalue weighted by molar-refractivity contribution is 0.511. The van der Waals surface area contributed by atoms with Crippen LogP contribution in [0.4, 0.5) is 4.39 Å². The molecule has 1 fully saturated rings. The molecule has 1 aliphatic carbocycles. The highest BCUT2D eigenvalue weighted by atomic mass is 32.2. The van der Waals surface area contributed by atoms with Crippen molar-refractivity contribution < 1.29 is 12.8 Å². The van der Waals surface area contributed by atoms with Gasteiger partial charge in [-0.05, 0) is 43.5 Å². The molecular formula is C13H18FNO2S. The van der Waals surface area contributed by atoms with Crippen molar-refractivity contribution in [2.24, 2.45) is 0 Å². The minimum absolute atomic E-state index is 0.125. The van der Waals surface area contributed by atoms with Crippen LogP contribution in [0.15, 0.2) is 24.3 Å². The van der Waals surface area contributed by atoms with E-state index in [0.717, 1.165) is 18.4 Å². The smallest absolute Gasteiger partial charge is 0.147 e. The highest BCUT2D eigenvalue weighted by Crippen LogP contribution is 2.45. The molecular weight excluding hydrogens is 253 g/mol. The van der Waals surface area contributed by atoms with E-state index in [4.69, 9.17) is 0 Å². The summed E-state index contributed by atoms with van der Waals surface area (Å²) in [5.41, 5.74) is 0.835. The van der Waals surface area contributed by atoms with Crippen LogP contribution in [0.1, 0.15) is 24.8 Å². The molecule has 0 atom stereocenters. The van der Waals surface area contributed by atoms with Gasteiger partial charge in [-0.15, -0.1) is 0 Å². The fourth-order valence-corrected chi connectivity index (χ4v) is 2.81. The van der Waals surface area contributed by atoms with E-state index >= 15 is 0 Å². The highest BCUT2D eigenvalue weighted by molar-refractivity contribution is 7.90. The van der Waals surface area contributed by atoms with Gasteiger partial charge in [-0.3, -0.25) is 0 Å². The summed E-state index contributed by atoms with van der Waals surface area (Å²) in [4.78, 5) is 0. The molecule has 1 aliphatic rings. The molecule has 0 unspecified atom stereocenters. The molecule has 0 aliphatic heterocycles.